The Labute approximate surface area is 113 Å². The fourth-order valence-corrected chi connectivity index (χ4v) is 3.31. The van der Waals surface area contributed by atoms with Crippen molar-refractivity contribution in [3.63, 3.8) is 0 Å². The van der Waals surface area contributed by atoms with Crippen molar-refractivity contribution in [3.8, 4) is 0 Å². The van der Waals surface area contributed by atoms with Crippen LogP contribution in [0.1, 0.15) is 40.5 Å². The molecule has 0 N–H and O–H groups in total. The van der Waals surface area contributed by atoms with Gasteiger partial charge in [-0.1, -0.05) is 0 Å². The molecule has 2 aliphatic heterocycles. The van der Waals surface area contributed by atoms with Crippen LogP contribution in [0.4, 0.5) is 0 Å². The smallest absolute Gasteiger partial charge is 0.0192 e. The molecule has 0 aliphatic carbocycles. The Hall–Kier alpha value is -0.120. The van der Waals surface area contributed by atoms with E-state index in [9.17, 15) is 0 Å². The van der Waals surface area contributed by atoms with Crippen LogP contribution in [0.3, 0.4) is 0 Å². The maximum atomic E-state index is 2.74. The SMILES string of the molecule is C[C@H]1CN(C2CCN(C(C)(C)C)CC2)CCN1C. The Balaban J connectivity index is 1.83. The highest BCUT2D eigenvalue weighted by Crippen LogP contribution is 2.24. The third-order valence-electron chi connectivity index (χ3n) is 4.92. The van der Waals surface area contributed by atoms with Crippen molar-refractivity contribution >= 4 is 0 Å². The lowest BCUT2D eigenvalue weighted by molar-refractivity contribution is 0.0212. The van der Waals surface area contributed by atoms with Crippen molar-refractivity contribution in [3.05, 3.63) is 0 Å². The third kappa shape index (κ3) is 3.25. The second-order valence-electron chi connectivity index (χ2n) is 7.21. The van der Waals surface area contributed by atoms with Gasteiger partial charge < -0.3 is 4.90 Å². The lowest BCUT2D eigenvalue weighted by Crippen LogP contribution is -2.57. The lowest BCUT2D eigenvalue weighted by Gasteiger charge is -2.47. The number of rotatable bonds is 1. The molecule has 2 fully saturated rings. The summed E-state index contributed by atoms with van der Waals surface area (Å²) in [4.78, 5) is 7.87. The summed E-state index contributed by atoms with van der Waals surface area (Å²) in [6, 6.07) is 1.55. The molecular weight excluding hydrogens is 222 g/mol. The predicted molar refractivity (Wildman–Crippen MR) is 78.0 cm³/mol. The van der Waals surface area contributed by atoms with E-state index in [1.165, 1.54) is 45.6 Å². The van der Waals surface area contributed by atoms with Crippen molar-refractivity contribution in [2.24, 2.45) is 0 Å². The maximum Gasteiger partial charge on any atom is 0.0192 e. The Morgan fingerprint density at radius 1 is 0.944 bits per heavy atom. The second-order valence-corrected chi connectivity index (χ2v) is 7.21. The van der Waals surface area contributed by atoms with E-state index >= 15 is 0 Å². The number of nitrogens with zero attached hydrogens (tertiary/aromatic N) is 3. The van der Waals surface area contributed by atoms with E-state index in [0.717, 1.165) is 12.1 Å². The molecule has 2 rings (SSSR count). The molecule has 0 amide bonds. The standard InChI is InChI=1S/C15H31N3/c1-13-12-17(11-10-16(13)5)14-6-8-18(9-7-14)15(2,3)4/h13-14H,6-12H2,1-5H3/t13-/m0/s1. The van der Waals surface area contributed by atoms with Crippen LogP contribution in [0.25, 0.3) is 0 Å². The van der Waals surface area contributed by atoms with Crippen LogP contribution in [-0.2, 0) is 0 Å². The topological polar surface area (TPSA) is 9.72 Å². The van der Waals surface area contributed by atoms with E-state index < -0.39 is 0 Å². The van der Waals surface area contributed by atoms with E-state index in [1.54, 1.807) is 0 Å². The van der Waals surface area contributed by atoms with E-state index in [4.69, 9.17) is 0 Å². The highest BCUT2D eigenvalue weighted by atomic mass is 15.3. The van der Waals surface area contributed by atoms with Gasteiger partial charge in [-0.2, -0.15) is 0 Å². The summed E-state index contributed by atoms with van der Waals surface area (Å²) in [6.45, 7) is 15.7. The molecule has 0 saturated carbocycles. The van der Waals surface area contributed by atoms with Gasteiger partial charge in [0.05, 0.1) is 0 Å². The van der Waals surface area contributed by atoms with Crippen molar-refractivity contribution in [2.45, 2.75) is 58.2 Å². The van der Waals surface area contributed by atoms with Gasteiger partial charge in [0.2, 0.25) is 0 Å². The van der Waals surface area contributed by atoms with Crippen LogP contribution in [0.2, 0.25) is 0 Å². The van der Waals surface area contributed by atoms with Crippen LogP contribution in [0.5, 0.6) is 0 Å². The first kappa shape index (κ1) is 14.3. The first-order valence-corrected chi connectivity index (χ1v) is 7.57. The van der Waals surface area contributed by atoms with Crippen LogP contribution in [0, 0.1) is 0 Å². The number of likely N-dealkylation sites (tertiary alicyclic amines) is 1. The highest BCUT2D eigenvalue weighted by Gasteiger charge is 2.32. The van der Waals surface area contributed by atoms with Crippen molar-refractivity contribution in [1.82, 2.24) is 14.7 Å². The maximum absolute atomic E-state index is 2.74. The summed E-state index contributed by atoms with van der Waals surface area (Å²) in [7, 11) is 2.25. The number of piperidine rings is 1. The summed E-state index contributed by atoms with van der Waals surface area (Å²) >= 11 is 0. The summed E-state index contributed by atoms with van der Waals surface area (Å²) in [5.41, 5.74) is 0.348. The van der Waals surface area contributed by atoms with E-state index in [-0.39, 0.29) is 0 Å². The van der Waals surface area contributed by atoms with Crippen LogP contribution in [-0.4, -0.2) is 72.1 Å². The van der Waals surface area contributed by atoms with Gasteiger partial charge in [0, 0.05) is 50.3 Å². The van der Waals surface area contributed by atoms with E-state index in [0.29, 0.717) is 5.54 Å². The summed E-state index contributed by atoms with van der Waals surface area (Å²) in [5.74, 6) is 0. The van der Waals surface area contributed by atoms with Gasteiger partial charge in [0.25, 0.3) is 0 Å². The zero-order valence-corrected chi connectivity index (χ0v) is 12.9. The summed E-state index contributed by atoms with van der Waals surface area (Å²) < 4.78 is 0. The lowest BCUT2D eigenvalue weighted by atomic mass is 9.96. The molecule has 0 aromatic heterocycles. The van der Waals surface area contributed by atoms with Gasteiger partial charge in [-0.15, -0.1) is 0 Å². The molecule has 0 unspecified atom stereocenters. The first-order chi connectivity index (χ1) is 8.38. The predicted octanol–water partition coefficient (Wildman–Crippen LogP) is 1.89. The third-order valence-corrected chi connectivity index (χ3v) is 4.92. The molecule has 0 spiro atoms. The Bertz CT molecular complexity index is 263. The summed E-state index contributed by atoms with van der Waals surface area (Å²) in [6.07, 6.45) is 2.71. The van der Waals surface area contributed by atoms with Crippen molar-refractivity contribution in [2.75, 3.05) is 39.8 Å². The van der Waals surface area contributed by atoms with Crippen LogP contribution in [0.15, 0.2) is 0 Å². The van der Waals surface area contributed by atoms with Gasteiger partial charge in [-0.3, -0.25) is 9.80 Å². The molecule has 2 saturated heterocycles. The van der Waals surface area contributed by atoms with Gasteiger partial charge in [-0.25, -0.2) is 0 Å². The Morgan fingerprint density at radius 2 is 1.56 bits per heavy atom. The van der Waals surface area contributed by atoms with Crippen LogP contribution >= 0.6 is 0 Å². The average Bonchev–Trinajstić information content (AvgIpc) is 2.32. The molecular formula is C15H31N3. The van der Waals surface area contributed by atoms with E-state index in [1.807, 2.05) is 0 Å². The number of likely N-dealkylation sites (N-methyl/N-ethyl adjacent to an activating group) is 1. The molecule has 2 aliphatic rings. The average molecular weight is 253 g/mol. The quantitative estimate of drug-likeness (QED) is 0.706. The monoisotopic (exact) mass is 253 g/mol. The zero-order chi connectivity index (χ0) is 13.3. The first-order valence-electron chi connectivity index (χ1n) is 7.57. The minimum Gasteiger partial charge on any atom is -0.301 e. The second kappa shape index (κ2) is 5.48. The minimum absolute atomic E-state index is 0.348. The van der Waals surface area contributed by atoms with Crippen LogP contribution < -0.4 is 0 Å². The molecule has 18 heavy (non-hydrogen) atoms. The fraction of sp³-hybridized carbons (Fsp3) is 1.00. The van der Waals surface area contributed by atoms with E-state index in [2.05, 4.69) is 49.4 Å². The minimum atomic E-state index is 0.348. The normalized spacial score (nSPS) is 30.8. The Kier molecular flexibility index (Phi) is 4.35. The van der Waals surface area contributed by atoms with Gasteiger partial charge >= 0.3 is 0 Å². The number of piperazine rings is 1. The summed E-state index contributed by atoms with van der Waals surface area (Å²) in [5, 5.41) is 0. The number of hydrogen-bond donors (Lipinski definition) is 0. The largest absolute Gasteiger partial charge is 0.301 e. The highest BCUT2D eigenvalue weighted by molar-refractivity contribution is 4.88. The van der Waals surface area contributed by atoms with Gasteiger partial charge in [0.15, 0.2) is 0 Å². The molecule has 0 bridgehead atoms. The number of hydrogen-bond acceptors (Lipinski definition) is 3. The molecule has 2 heterocycles. The molecule has 0 radical (unpaired) electrons. The molecule has 0 aromatic carbocycles. The fourth-order valence-electron chi connectivity index (χ4n) is 3.31. The molecule has 0 aromatic rings. The van der Waals surface area contributed by atoms with Crippen molar-refractivity contribution < 1.29 is 0 Å². The molecule has 106 valence electrons. The Morgan fingerprint density at radius 3 is 2.06 bits per heavy atom. The van der Waals surface area contributed by atoms with Gasteiger partial charge in [-0.05, 0) is 47.6 Å². The van der Waals surface area contributed by atoms with Gasteiger partial charge in [0.1, 0.15) is 0 Å². The zero-order valence-electron chi connectivity index (χ0n) is 12.9. The van der Waals surface area contributed by atoms with Crippen molar-refractivity contribution in [1.29, 1.82) is 0 Å². The molecule has 3 nitrogen and oxygen atoms in total. The molecule has 1 atom stereocenters. The molecule has 3 heteroatoms.